The fraction of sp³-hybridized carbons (Fsp3) is 0.889. The van der Waals surface area contributed by atoms with Crippen molar-refractivity contribution in [2.45, 2.75) is 17.7 Å². The van der Waals surface area contributed by atoms with E-state index in [1.165, 1.54) is 0 Å². The molecule has 110 valence electrons. The molecule has 10 heteroatoms. The highest BCUT2D eigenvalue weighted by Gasteiger charge is 2.44. The molecule has 0 spiro atoms. The molecule has 0 aromatic carbocycles. The lowest BCUT2D eigenvalue weighted by Crippen LogP contribution is -2.60. The van der Waals surface area contributed by atoms with Gasteiger partial charge in [-0.05, 0) is 6.42 Å². The minimum atomic E-state index is -3.81. The van der Waals surface area contributed by atoms with Gasteiger partial charge in [0.1, 0.15) is 6.04 Å². The fourth-order valence-corrected chi connectivity index (χ4v) is 7.10. The van der Waals surface area contributed by atoms with Crippen LogP contribution in [0, 0.1) is 0 Å². The van der Waals surface area contributed by atoms with Gasteiger partial charge in [-0.15, -0.1) is 0 Å². The molecule has 8 nitrogen and oxygen atoms in total. The first kappa shape index (κ1) is 14.7. The molecule has 0 bridgehead atoms. The fourth-order valence-electron chi connectivity index (χ4n) is 2.42. The molecule has 0 aliphatic carbocycles. The molecule has 19 heavy (non-hydrogen) atoms. The highest BCUT2D eigenvalue weighted by atomic mass is 32.2. The van der Waals surface area contributed by atoms with Crippen molar-refractivity contribution in [3.63, 3.8) is 0 Å². The third-order valence-electron chi connectivity index (χ3n) is 3.46. The average molecular weight is 311 g/mol. The van der Waals surface area contributed by atoms with Crippen molar-refractivity contribution >= 4 is 25.8 Å². The molecule has 2 fully saturated rings. The topological polar surface area (TPSA) is 127 Å². The van der Waals surface area contributed by atoms with E-state index in [1.807, 2.05) is 0 Å². The number of amides is 1. The molecule has 2 heterocycles. The number of nitrogens with one attached hydrogen (secondary N) is 1. The number of nitrogens with zero attached hydrogens (tertiary/aromatic N) is 1. The van der Waals surface area contributed by atoms with Gasteiger partial charge in [0.2, 0.25) is 15.9 Å². The van der Waals surface area contributed by atoms with Crippen LogP contribution in [0.4, 0.5) is 0 Å². The van der Waals surface area contributed by atoms with Gasteiger partial charge in [-0.1, -0.05) is 0 Å². The van der Waals surface area contributed by atoms with E-state index in [-0.39, 0.29) is 31.0 Å². The first-order valence-corrected chi connectivity index (χ1v) is 9.27. The molecule has 2 atom stereocenters. The van der Waals surface area contributed by atoms with Gasteiger partial charge in [0, 0.05) is 19.6 Å². The second kappa shape index (κ2) is 5.00. The maximum atomic E-state index is 12.4. The Balaban J connectivity index is 2.25. The quantitative estimate of drug-likeness (QED) is 0.582. The predicted molar refractivity (Wildman–Crippen MR) is 68.5 cm³/mol. The van der Waals surface area contributed by atoms with Crippen molar-refractivity contribution in [3.05, 3.63) is 0 Å². The van der Waals surface area contributed by atoms with Crippen molar-refractivity contribution in [2.24, 2.45) is 5.73 Å². The van der Waals surface area contributed by atoms with Gasteiger partial charge in [0.25, 0.3) is 0 Å². The van der Waals surface area contributed by atoms with E-state index in [0.717, 1.165) is 4.31 Å². The average Bonchev–Trinajstić information content (AvgIpc) is 2.70. The normalized spacial score (nSPS) is 32.2. The van der Waals surface area contributed by atoms with E-state index in [9.17, 15) is 21.6 Å². The first-order chi connectivity index (χ1) is 8.74. The Morgan fingerprint density at radius 2 is 2.05 bits per heavy atom. The van der Waals surface area contributed by atoms with Gasteiger partial charge >= 0.3 is 0 Å². The number of sulfone groups is 1. The van der Waals surface area contributed by atoms with Crippen LogP contribution in [0.1, 0.15) is 6.42 Å². The Morgan fingerprint density at radius 1 is 1.37 bits per heavy atom. The van der Waals surface area contributed by atoms with Crippen LogP contribution in [0.15, 0.2) is 0 Å². The molecule has 0 aromatic rings. The summed E-state index contributed by atoms with van der Waals surface area (Å²) in [6.45, 7) is 0.711. The minimum absolute atomic E-state index is 0.0834. The van der Waals surface area contributed by atoms with E-state index >= 15 is 0 Å². The lowest BCUT2D eigenvalue weighted by molar-refractivity contribution is -0.122. The summed E-state index contributed by atoms with van der Waals surface area (Å²) in [7, 11) is -7.11. The van der Waals surface area contributed by atoms with Crippen LogP contribution in [0.5, 0.6) is 0 Å². The highest BCUT2D eigenvalue weighted by Crippen LogP contribution is 2.24. The number of carbonyl (C=O) groups excluding carboxylic acids is 1. The van der Waals surface area contributed by atoms with Crippen LogP contribution in [0.3, 0.4) is 0 Å². The number of hydrogen-bond donors (Lipinski definition) is 2. The zero-order chi connectivity index (χ0) is 14.3. The van der Waals surface area contributed by atoms with Gasteiger partial charge in [-0.25, -0.2) is 16.8 Å². The third kappa shape index (κ3) is 2.91. The van der Waals surface area contributed by atoms with Crippen molar-refractivity contribution in [1.82, 2.24) is 9.62 Å². The summed E-state index contributed by atoms with van der Waals surface area (Å²) in [5.41, 5.74) is 5.20. The molecular formula is C9H17N3O5S2. The molecule has 0 saturated carbocycles. The van der Waals surface area contributed by atoms with E-state index in [0.29, 0.717) is 6.54 Å². The largest absolute Gasteiger partial charge is 0.368 e. The number of hydrogen-bond acceptors (Lipinski definition) is 6. The molecule has 3 N–H and O–H groups in total. The molecule has 0 radical (unpaired) electrons. The molecule has 2 unspecified atom stereocenters. The second-order valence-electron chi connectivity index (χ2n) is 4.80. The van der Waals surface area contributed by atoms with Crippen molar-refractivity contribution < 1.29 is 21.6 Å². The Hall–Kier alpha value is -0.710. The van der Waals surface area contributed by atoms with Gasteiger partial charge in [0.05, 0.1) is 16.8 Å². The van der Waals surface area contributed by atoms with Crippen LogP contribution in [0.25, 0.3) is 0 Å². The molecule has 0 aromatic heterocycles. The summed E-state index contributed by atoms with van der Waals surface area (Å²) in [6.07, 6.45) is 0.0834. The lowest BCUT2D eigenvalue weighted by Gasteiger charge is -2.34. The minimum Gasteiger partial charge on any atom is -0.368 e. The molecule has 2 aliphatic rings. The lowest BCUT2D eigenvalue weighted by atomic mass is 10.2. The zero-order valence-electron chi connectivity index (χ0n) is 10.3. The van der Waals surface area contributed by atoms with Crippen LogP contribution in [0.2, 0.25) is 0 Å². The molecular weight excluding hydrogens is 294 g/mol. The maximum Gasteiger partial charge on any atom is 0.237 e. The van der Waals surface area contributed by atoms with Gasteiger partial charge in [-0.2, -0.15) is 4.31 Å². The summed E-state index contributed by atoms with van der Waals surface area (Å²) < 4.78 is 48.7. The maximum absolute atomic E-state index is 12.4. The molecule has 2 rings (SSSR count). The van der Waals surface area contributed by atoms with Crippen LogP contribution < -0.4 is 11.1 Å². The summed E-state index contributed by atoms with van der Waals surface area (Å²) >= 11 is 0. The van der Waals surface area contributed by atoms with Crippen LogP contribution >= 0.6 is 0 Å². The monoisotopic (exact) mass is 311 g/mol. The Kier molecular flexibility index (Phi) is 3.87. The standard InChI is InChI=1S/C9H17N3O5S2/c10-9(13)8-5-11-2-3-12(8)19(16,17)7-1-4-18(14,15)6-7/h7-8,11H,1-6H2,(H2,10,13). The predicted octanol–water partition coefficient (Wildman–Crippen LogP) is -2.74. The summed E-state index contributed by atoms with van der Waals surface area (Å²) in [5, 5.41) is 1.94. The van der Waals surface area contributed by atoms with Crippen molar-refractivity contribution in [3.8, 4) is 0 Å². The van der Waals surface area contributed by atoms with Crippen molar-refractivity contribution in [1.29, 1.82) is 0 Å². The molecule has 2 saturated heterocycles. The summed E-state index contributed by atoms with van der Waals surface area (Å²) in [5.74, 6) is -1.22. The number of piperazine rings is 1. The highest BCUT2D eigenvalue weighted by molar-refractivity contribution is 7.95. The van der Waals surface area contributed by atoms with Crippen LogP contribution in [-0.4, -0.2) is 69.5 Å². The second-order valence-corrected chi connectivity index (χ2v) is 9.20. The number of sulfonamides is 1. The zero-order valence-corrected chi connectivity index (χ0v) is 11.9. The number of carbonyl (C=O) groups is 1. The Labute approximate surface area is 112 Å². The Morgan fingerprint density at radius 3 is 2.58 bits per heavy atom. The smallest absolute Gasteiger partial charge is 0.237 e. The van der Waals surface area contributed by atoms with E-state index in [1.54, 1.807) is 0 Å². The van der Waals surface area contributed by atoms with E-state index in [4.69, 9.17) is 5.73 Å². The number of nitrogens with two attached hydrogens (primary N) is 1. The number of rotatable bonds is 3. The van der Waals surface area contributed by atoms with Gasteiger partial charge < -0.3 is 11.1 Å². The first-order valence-electron chi connectivity index (χ1n) is 5.95. The van der Waals surface area contributed by atoms with Crippen LogP contribution in [-0.2, 0) is 24.7 Å². The molecule has 2 aliphatic heterocycles. The van der Waals surface area contributed by atoms with Gasteiger partial charge in [0.15, 0.2) is 9.84 Å². The Bertz CT molecular complexity index is 571. The van der Waals surface area contributed by atoms with Crippen molar-refractivity contribution in [2.75, 3.05) is 31.1 Å². The molecule has 1 amide bonds. The SMILES string of the molecule is NC(=O)C1CNCCN1S(=O)(=O)C1CCS(=O)(=O)C1. The number of primary amides is 1. The van der Waals surface area contributed by atoms with E-state index in [2.05, 4.69) is 5.32 Å². The third-order valence-corrected chi connectivity index (χ3v) is 7.78. The summed E-state index contributed by atoms with van der Waals surface area (Å²) in [6, 6.07) is -0.943. The van der Waals surface area contributed by atoms with E-state index < -0.39 is 37.1 Å². The van der Waals surface area contributed by atoms with Gasteiger partial charge in [-0.3, -0.25) is 4.79 Å². The summed E-state index contributed by atoms with van der Waals surface area (Å²) in [4.78, 5) is 11.3.